The van der Waals surface area contributed by atoms with Crippen LogP contribution in [0.5, 0.6) is 0 Å². The molecule has 1 nitrogen and oxygen atoms in total. The lowest BCUT2D eigenvalue weighted by Gasteiger charge is -2.24. The number of hydrogen-bond donors (Lipinski definition) is 1. The first-order valence-electron chi connectivity index (χ1n) is 5.91. The molecule has 1 aromatic carbocycles. The van der Waals surface area contributed by atoms with E-state index in [-0.39, 0.29) is 0 Å². The Hall–Kier alpha value is -0.550. The van der Waals surface area contributed by atoms with E-state index in [0.29, 0.717) is 6.04 Å². The molecule has 1 heterocycles. The lowest BCUT2D eigenvalue weighted by Crippen LogP contribution is -2.15. The summed E-state index contributed by atoms with van der Waals surface area (Å²) in [6.07, 6.45) is 3.81. The van der Waals surface area contributed by atoms with E-state index < -0.39 is 0 Å². The summed E-state index contributed by atoms with van der Waals surface area (Å²) in [6, 6.07) is 11.4. The summed E-state index contributed by atoms with van der Waals surface area (Å²) < 4.78 is 1.29. The van der Waals surface area contributed by atoms with Crippen LogP contribution in [-0.4, -0.2) is 0 Å². The second kappa shape index (κ2) is 4.98. The topological polar surface area (TPSA) is 12.0 Å². The van der Waals surface area contributed by atoms with Crippen LogP contribution in [0, 0.1) is 3.57 Å². The van der Waals surface area contributed by atoms with Crippen molar-refractivity contribution in [1.29, 1.82) is 0 Å². The standard InChI is InChI=1S/C14H14INS/c15-10-4-6-11(7-5-10)16-13-2-1-3-14-12(13)8-9-17-14/h4-9,13,16H,1-3H2. The number of rotatable bonds is 2. The van der Waals surface area contributed by atoms with Crippen molar-refractivity contribution in [3.05, 3.63) is 49.7 Å². The third-order valence-corrected chi connectivity index (χ3v) is 4.95. The Morgan fingerprint density at radius 1 is 1.18 bits per heavy atom. The third-order valence-electron chi connectivity index (χ3n) is 3.24. The molecular weight excluding hydrogens is 341 g/mol. The molecule has 0 saturated heterocycles. The van der Waals surface area contributed by atoms with Gasteiger partial charge in [-0.3, -0.25) is 0 Å². The molecule has 1 aliphatic carbocycles. The average Bonchev–Trinajstić information content (AvgIpc) is 2.81. The van der Waals surface area contributed by atoms with Crippen LogP contribution in [0.3, 0.4) is 0 Å². The van der Waals surface area contributed by atoms with Crippen LogP contribution in [0.2, 0.25) is 0 Å². The van der Waals surface area contributed by atoms with Gasteiger partial charge in [-0.2, -0.15) is 0 Å². The summed E-state index contributed by atoms with van der Waals surface area (Å²) in [6.45, 7) is 0. The summed E-state index contributed by atoms with van der Waals surface area (Å²) in [7, 11) is 0. The molecule has 0 spiro atoms. The highest BCUT2D eigenvalue weighted by Crippen LogP contribution is 2.35. The van der Waals surface area contributed by atoms with E-state index in [1.165, 1.54) is 34.1 Å². The van der Waals surface area contributed by atoms with Crippen LogP contribution >= 0.6 is 33.9 Å². The van der Waals surface area contributed by atoms with Crippen molar-refractivity contribution >= 4 is 39.6 Å². The largest absolute Gasteiger partial charge is 0.378 e. The van der Waals surface area contributed by atoms with E-state index in [2.05, 4.69) is 63.6 Å². The Morgan fingerprint density at radius 3 is 2.82 bits per heavy atom. The molecule has 0 aliphatic heterocycles. The average molecular weight is 355 g/mol. The summed E-state index contributed by atoms with van der Waals surface area (Å²) in [5.74, 6) is 0. The summed E-state index contributed by atoms with van der Waals surface area (Å²) in [4.78, 5) is 1.57. The van der Waals surface area contributed by atoms with Crippen LogP contribution in [-0.2, 0) is 6.42 Å². The van der Waals surface area contributed by atoms with Gasteiger partial charge in [-0.1, -0.05) is 0 Å². The SMILES string of the molecule is Ic1ccc(NC2CCCc3sccc32)cc1. The molecule has 1 atom stereocenters. The molecule has 0 fully saturated rings. The van der Waals surface area contributed by atoms with E-state index in [9.17, 15) is 0 Å². The fourth-order valence-corrected chi connectivity index (χ4v) is 3.73. The minimum absolute atomic E-state index is 0.505. The minimum atomic E-state index is 0.505. The summed E-state index contributed by atoms with van der Waals surface area (Å²) in [5.41, 5.74) is 2.74. The molecular formula is C14H14INS. The lowest BCUT2D eigenvalue weighted by molar-refractivity contribution is 0.609. The highest BCUT2D eigenvalue weighted by molar-refractivity contribution is 14.1. The maximum absolute atomic E-state index is 3.65. The Labute approximate surface area is 119 Å². The monoisotopic (exact) mass is 355 g/mol. The summed E-state index contributed by atoms with van der Waals surface area (Å²) in [5, 5.41) is 5.87. The van der Waals surface area contributed by atoms with Gasteiger partial charge in [-0.15, -0.1) is 11.3 Å². The van der Waals surface area contributed by atoms with Crippen molar-refractivity contribution in [3.63, 3.8) is 0 Å². The minimum Gasteiger partial charge on any atom is -0.378 e. The molecule has 3 heteroatoms. The molecule has 88 valence electrons. The van der Waals surface area contributed by atoms with Gasteiger partial charge >= 0.3 is 0 Å². The van der Waals surface area contributed by atoms with Gasteiger partial charge in [0.1, 0.15) is 0 Å². The number of fused-ring (bicyclic) bond motifs is 1. The molecule has 1 unspecified atom stereocenters. The molecule has 3 rings (SSSR count). The molecule has 0 radical (unpaired) electrons. The Morgan fingerprint density at radius 2 is 2.00 bits per heavy atom. The number of anilines is 1. The zero-order chi connectivity index (χ0) is 11.7. The number of halogens is 1. The molecule has 1 N–H and O–H groups in total. The number of nitrogens with one attached hydrogen (secondary N) is 1. The maximum Gasteiger partial charge on any atom is 0.0524 e. The Kier molecular flexibility index (Phi) is 3.38. The number of thiophene rings is 1. The van der Waals surface area contributed by atoms with Crippen molar-refractivity contribution in [1.82, 2.24) is 0 Å². The smallest absolute Gasteiger partial charge is 0.0524 e. The van der Waals surface area contributed by atoms with Gasteiger partial charge in [0, 0.05) is 14.1 Å². The van der Waals surface area contributed by atoms with Crippen LogP contribution in [0.1, 0.15) is 29.3 Å². The fraction of sp³-hybridized carbons (Fsp3) is 0.286. The van der Waals surface area contributed by atoms with Crippen molar-refractivity contribution in [2.45, 2.75) is 25.3 Å². The first kappa shape index (κ1) is 11.5. The molecule has 1 aliphatic rings. The van der Waals surface area contributed by atoms with Crippen molar-refractivity contribution < 1.29 is 0 Å². The summed E-state index contributed by atoms with van der Waals surface area (Å²) >= 11 is 4.24. The first-order chi connectivity index (χ1) is 8.33. The van der Waals surface area contributed by atoms with Crippen molar-refractivity contribution in [2.75, 3.05) is 5.32 Å². The number of aryl methyl sites for hydroxylation is 1. The normalized spacial score (nSPS) is 18.8. The van der Waals surface area contributed by atoms with Crippen LogP contribution in [0.25, 0.3) is 0 Å². The lowest BCUT2D eigenvalue weighted by atomic mass is 9.94. The molecule has 2 aromatic rings. The van der Waals surface area contributed by atoms with Gasteiger partial charge in [0.25, 0.3) is 0 Å². The second-order valence-corrected chi connectivity index (χ2v) is 6.64. The predicted octanol–water partition coefficient (Wildman–Crippen LogP) is 4.84. The van der Waals surface area contributed by atoms with Gasteiger partial charge < -0.3 is 5.32 Å². The van der Waals surface area contributed by atoms with Crippen LogP contribution < -0.4 is 5.32 Å². The van der Waals surface area contributed by atoms with E-state index >= 15 is 0 Å². The van der Waals surface area contributed by atoms with Gasteiger partial charge in [0.2, 0.25) is 0 Å². The molecule has 1 aromatic heterocycles. The van der Waals surface area contributed by atoms with Crippen LogP contribution in [0.4, 0.5) is 5.69 Å². The third kappa shape index (κ3) is 2.50. The maximum atomic E-state index is 3.65. The van der Waals surface area contributed by atoms with Crippen molar-refractivity contribution in [3.8, 4) is 0 Å². The van der Waals surface area contributed by atoms with E-state index in [0.717, 1.165) is 0 Å². The quantitative estimate of drug-likeness (QED) is 0.760. The van der Waals surface area contributed by atoms with Crippen molar-refractivity contribution in [2.24, 2.45) is 0 Å². The molecule has 0 saturated carbocycles. The highest BCUT2D eigenvalue weighted by atomic mass is 127. The zero-order valence-corrected chi connectivity index (χ0v) is 12.4. The zero-order valence-electron chi connectivity index (χ0n) is 9.45. The van der Waals surface area contributed by atoms with E-state index in [1.54, 1.807) is 4.88 Å². The second-order valence-electron chi connectivity index (χ2n) is 4.40. The molecule has 0 bridgehead atoms. The van der Waals surface area contributed by atoms with Gasteiger partial charge in [0.15, 0.2) is 0 Å². The fourth-order valence-electron chi connectivity index (χ4n) is 2.38. The molecule has 17 heavy (non-hydrogen) atoms. The number of benzene rings is 1. The highest BCUT2D eigenvalue weighted by Gasteiger charge is 2.20. The Bertz CT molecular complexity index is 503. The molecule has 0 amide bonds. The van der Waals surface area contributed by atoms with Gasteiger partial charge in [-0.05, 0) is 83.1 Å². The first-order valence-corrected chi connectivity index (χ1v) is 7.87. The Balaban J connectivity index is 1.81. The van der Waals surface area contributed by atoms with Gasteiger partial charge in [-0.25, -0.2) is 0 Å². The number of hydrogen-bond acceptors (Lipinski definition) is 2. The van der Waals surface area contributed by atoms with E-state index in [4.69, 9.17) is 0 Å². The van der Waals surface area contributed by atoms with Gasteiger partial charge in [0.05, 0.1) is 6.04 Å². The van der Waals surface area contributed by atoms with Crippen LogP contribution in [0.15, 0.2) is 35.7 Å². The predicted molar refractivity (Wildman–Crippen MR) is 82.8 cm³/mol. The van der Waals surface area contributed by atoms with E-state index in [1.807, 2.05) is 11.3 Å².